The highest BCUT2D eigenvalue weighted by Crippen LogP contribution is 2.25. The average Bonchev–Trinajstić information content (AvgIpc) is 2.86. The Hall–Kier alpha value is -0.750. The highest BCUT2D eigenvalue weighted by atomic mass is 32.1. The first-order valence-electron chi connectivity index (χ1n) is 5.15. The SMILES string of the molecule is CN(CCN)Cc1csc(-c2ccsc2)n1. The third-order valence-corrected chi connectivity index (χ3v) is 3.89. The van der Waals surface area contributed by atoms with E-state index < -0.39 is 0 Å². The van der Waals surface area contributed by atoms with Crippen LogP contribution >= 0.6 is 22.7 Å². The number of thiophene rings is 1. The normalized spacial score (nSPS) is 11.2. The van der Waals surface area contributed by atoms with E-state index in [9.17, 15) is 0 Å². The number of rotatable bonds is 5. The fraction of sp³-hybridized carbons (Fsp3) is 0.364. The highest BCUT2D eigenvalue weighted by Gasteiger charge is 2.06. The Balaban J connectivity index is 2.03. The lowest BCUT2D eigenvalue weighted by Crippen LogP contribution is -2.25. The van der Waals surface area contributed by atoms with Gasteiger partial charge in [-0.1, -0.05) is 0 Å². The van der Waals surface area contributed by atoms with Crippen LogP contribution in [0.15, 0.2) is 22.2 Å². The molecule has 0 amide bonds. The van der Waals surface area contributed by atoms with Crippen molar-refractivity contribution in [3.63, 3.8) is 0 Å². The summed E-state index contributed by atoms with van der Waals surface area (Å²) in [6.07, 6.45) is 0. The Morgan fingerprint density at radius 3 is 3.00 bits per heavy atom. The van der Waals surface area contributed by atoms with Crippen molar-refractivity contribution in [2.24, 2.45) is 5.73 Å². The number of hydrogen-bond acceptors (Lipinski definition) is 5. The van der Waals surface area contributed by atoms with Crippen molar-refractivity contribution >= 4 is 22.7 Å². The monoisotopic (exact) mass is 253 g/mol. The van der Waals surface area contributed by atoms with Gasteiger partial charge in [0, 0.05) is 36.0 Å². The van der Waals surface area contributed by atoms with E-state index in [-0.39, 0.29) is 0 Å². The van der Waals surface area contributed by atoms with Crippen LogP contribution in [0.2, 0.25) is 0 Å². The number of thiazole rings is 1. The Morgan fingerprint density at radius 1 is 1.44 bits per heavy atom. The minimum absolute atomic E-state index is 0.692. The van der Waals surface area contributed by atoms with Gasteiger partial charge in [-0.3, -0.25) is 4.90 Å². The number of nitrogens with zero attached hydrogens (tertiary/aromatic N) is 2. The van der Waals surface area contributed by atoms with E-state index in [0.717, 1.165) is 23.8 Å². The second-order valence-electron chi connectivity index (χ2n) is 3.68. The van der Waals surface area contributed by atoms with Gasteiger partial charge in [-0.2, -0.15) is 11.3 Å². The molecule has 3 nitrogen and oxygen atoms in total. The first-order valence-corrected chi connectivity index (χ1v) is 6.97. The zero-order valence-corrected chi connectivity index (χ0v) is 10.9. The average molecular weight is 253 g/mol. The number of nitrogens with two attached hydrogens (primary N) is 1. The summed E-state index contributed by atoms with van der Waals surface area (Å²) in [6, 6.07) is 2.11. The van der Waals surface area contributed by atoms with E-state index in [1.165, 1.54) is 5.56 Å². The summed E-state index contributed by atoms with van der Waals surface area (Å²) < 4.78 is 0. The molecule has 0 spiro atoms. The summed E-state index contributed by atoms with van der Waals surface area (Å²) in [4.78, 5) is 6.80. The summed E-state index contributed by atoms with van der Waals surface area (Å²) >= 11 is 3.41. The molecule has 0 radical (unpaired) electrons. The van der Waals surface area contributed by atoms with Gasteiger partial charge in [-0.25, -0.2) is 4.98 Å². The van der Waals surface area contributed by atoms with Gasteiger partial charge in [0.05, 0.1) is 5.69 Å². The van der Waals surface area contributed by atoms with Gasteiger partial charge in [0.25, 0.3) is 0 Å². The molecule has 0 aromatic carbocycles. The molecule has 0 aliphatic heterocycles. The predicted octanol–water partition coefficient (Wildman–Crippen LogP) is 2.26. The molecule has 5 heteroatoms. The van der Waals surface area contributed by atoms with E-state index in [1.54, 1.807) is 22.7 Å². The van der Waals surface area contributed by atoms with Crippen LogP contribution in [-0.4, -0.2) is 30.0 Å². The zero-order valence-electron chi connectivity index (χ0n) is 9.22. The molecular weight excluding hydrogens is 238 g/mol. The molecule has 0 unspecified atom stereocenters. The number of likely N-dealkylation sites (N-methyl/N-ethyl adjacent to an activating group) is 1. The third kappa shape index (κ3) is 2.89. The summed E-state index contributed by atoms with van der Waals surface area (Å²) in [5, 5.41) is 7.45. The highest BCUT2D eigenvalue weighted by molar-refractivity contribution is 7.14. The van der Waals surface area contributed by atoms with Gasteiger partial charge in [0.15, 0.2) is 0 Å². The van der Waals surface area contributed by atoms with E-state index >= 15 is 0 Å². The van der Waals surface area contributed by atoms with Crippen molar-refractivity contribution in [3.8, 4) is 10.6 Å². The van der Waals surface area contributed by atoms with Crippen molar-refractivity contribution in [1.29, 1.82) is 0 Å². The Labute approximate surface area is 104 Å². The Kier molecular flexibility index (Phi) is 4.06. The van der Waals surface area contributed by atoms with Crippen LogP contribution in [0.5, 0.6) is 0 Å². The van der Waals surface area contributed by atoms with Crippen LogP contribution in [0.3, 0.4) is 0 Å². The zero-order chi connectivity index (χ0) is 11.4. The lowest BCUT2D eigenvalue weighted by Gasteiger charge is -2.12. The van der Waals surface area contributed by atoms with Crippen molar-refractivity contribution in [2.45, 2.75) is 6.54 Å². The molecule has 0 fully saturated rings. The topological polar surface area (TPSA) is 42.1 Å². The number of aromatic nitrogens is 1. The van der Waals surface area contributed by atoms with Gasteiger partial charge in [-0.15, -0.1) is 11.3 Å². The molecule has 0 saturated heterocycles. The molecule has 0 saturated carbocycles. The maximum atomic E-state index is 5.51. The fourth-order valence-corrected chi connectivity index (χ4v) is 3.00. The Morgan fingerprint density at radius 2 is 2.31 bits per heavy atom. The molecule has 2 aromatic rings. The molecule has 0 atom stereocenters. The summed E-state index contributed by atoms with van der Waals surface area (Å²) in [7, 11) is 2.07. The Bertz CT molecular complexity index is 422. The van der Waals surface area contributed by atoms with E-state index in [4.69, 9.17) is 5.73 Å². The lowest BCUT2D eigenvalue weighted by atomic mass is 10.3. The van der Waals surface area contributed by atoms with Crippen LogP contribution in [0, 0.1) is 0 Å². The maximum Gasteiger partial charge on any atom is 0.124 e. The second kappa shape index (κ2) is 5.54. The number of hydrogen-bond donors (Lipinski definition) is 1. The molecular formula is C11H15N3S2. The smallest absolute Gasteiger partial charge is 0.124 e. The summed E-state index contributed by atoms with van der Waals surface area (Å²) in [5.41, 5.74) is 7.86. The van der Waals surface area contributed by atoms with Crippen LogP contribution in [-0.2, 0) is 6.54 Å². The van der Waals surface area contributed by atoms with E-state index in [1.807, 2.05) is 0 Å². The van der Waals surface area contributed by atoms with Gasteiger partial charge in [-0.05, 0) is 18.5 Å². The van der Waals surface area contributed by atoms with E-state index in [2.05, 4.69) is 39.1 Å². The summed E-state index contributed by atoms with van der Waals surface area (Å²) in [5.74, 6) is 0. The molecule has 0 bridgehead atoms. The first-order chi connectivity index (χ1) is 7.79. The van der Waals surface area contributed by atoms with E-state index in [0.29, 0.717) is 6.54 Å². The van der Waals surface area contributed by atoms with Crippen molar-refractivity contribution in [2.75, 3.05) is 20.1 Å². The van der Waals surface area contributed by atoms with Gasteiger partial charge in [0.1, 0.15) is 5.01 Å². The van der Waals surface area contributed by atoms with Crippen molar-refractivity contribution < 1.29 is 0 Å². The third-order valence-electron chi connectivity index (χ3n) is 2.26. The van der Waals surface area contributed by atoms with Gasteiger partial charge in [0.2, 0.25) is 0 Å². The van der Waals surface area contributed by atoms with Gasteiger partial charge < -0.3 is 5.73 Å². The van der Waals surface area contributed by atoms with Crippen molar-refractivity contribution in [1.82, 2.24) is 9.88 Å². The molecule has 2 rings (SSSR count). The standard InChI is InChI=1S/C11H15N3S2/c1-14(4-3-12)6-10-8-16-11(13-10)9-2-5-15-7-9/h2,5,7-8H,3-4,6,12H2,1H3. The van der Waals surface area contributed by atoms with Crippen LogP contribution < -0.4 is 5.73 Å². The molecule has 2 aromatic heterocycles. The predicted molar refractivity (Wildman–Crippen MR) is 70.8 cm³/mol. The first kappa shape index (κ1) is 11.7. The quantitative estimate of drug-likeness (QED) is 0.889. The molecule has 2 N–H and O–H groups in total. The maximum absolute atomic E-state index is 5.51. The molecule has 16 heavy (non-hydrogen) atoms. The van der Waals surface area contributed by atoms with Crippen LogP contribution in [0.1, 0.15) is 5.69 Å². The second-order valence-corrected chi connectivity index (χ2v) is 5.32. The minimum Gasteiger partial charge on any atom is -0.329 e. The largest absolute Gasteiger partial charge is 0.329 e. The molecule has 2 heterocycles. The molecule has 0 aliphatic carbocycles. The molecule has 0 aliphatic rings. The van der Waals surface area contributed by atoms with Crippen LogP contribution in [0.25, 0.3) is 10.6 Å². The van der Waals surface area contributed by atoms with Crippen molar-refractivity contribution in [3.05, 3.63) is 27.9 Å². The lowest BCUT2D eigenvalue weighted by molar-refractivity contribution is 0.333. The fourth-order valence-electron chi connectivity index (χ4n) is 1.47. The van der Waals surface area contributed by atoms with Crippen LogP contribution in [0.4, 0.5) is 0 Å². The molecule has 86 valence electrons. The summed E-state index contributed by atoms with van der Waals surface area (Å²) in [6.45, 7) is 2.47. The van der Waals surface area contributed by atoms with Gasteiger partial charge >= 0.3 is 0 Å². The minimum atomic E-state index is 0.692.